The second-order valence-electron chi connectivity index (χ2n) is 6.60. The van der Waals surface area contributed by atoms with Gasteiger partial charge < -0.3 is 19.6 Å². The molecule has 27 heavy (non-hydrogen) atoms. The molecule has 0 atom stereocenters. The lowest BCUT2D eigenvalue weighted by atomic mass is 10.2. The summed E-state index contributed by atoms with van der Waals surface area (Å²) in [6.45, 7) is 1.15. The fourth-order valence-corrected chi connectivity index (χ4v) is 3.35. The lowest BCUT2D eigenvalue weighted by molar-refractivity contribution is 0.645. The minimum Gasteiger partial charge on any atom is -0.449 e. The number of hydrogen-bond acceptors (Lipinski definition) is 5. The van der Waals surface area contributed by atoms with Crippen molar-refractivity contribution < 1.29 is 4.42 Å². The molecule has 4 aromatic rings. The average molecular weight is 427 g/mol. The summed E-state index contributed by atoms with van der Waals surface area (Å²) in [5, 5.41) is 4.15. The van der Waals surface area contributed by atoms with Gasteiger partial charge in [0.15, 0.2) is 0 Å². The lowest BCUT2D eigenvalue weighted by Crippen LogP contribution is -2.19. The predicted octanol–water partition coefficient (Wildman–Crippen LogP) is 3.79. The molecule has 2 aromatic heterocycles. The normalized spacial score (nSPS) is 11.4. The first-order chi connectivity index (χ1) is 13.0. The smallest absolute Gasteiger partial charge is 0.294 e. The third-order valence-electron chi connectivity index (χ3n) is 4.41. The van der Waals surface area contributed by atoms with E-state index in [0.29, 0.717) is 30.0 Å². The number of furan rings is 1. The fourth-order valence-electron chi connectivity index (χ4n) is 2.99. The van der Waals surface area contributed by atoms with Gasteiger partial charge in [0.2, 0.25) is 5.58 Å². The molecule has 0 saturated heterocycles. The van der Waals surface area contributed by atoms with Crippen LogP contribution < -0.4 is 15.8 Å². The molecule has 138 valence electrons. The van der Waals surface area contributed by atoms with Gasteiger partial charge in [-0.05, 0) is 35.9 Å². The molecule has 0 amide bonds. The van der Waals surface area contributed by atoms with E-state index in [9.17, 15) is 4.79 Å². The molecule has 0 fully saturated rings. The van der Waals surface area contributed by atoms with Gasteiger partial charge in [0.25, 0.3) is 5.56 Å². The van der Waals surface area contributed by atoms with Gasteiger partial charge in [0, 0.05) is 36.2 Å². The van der Waals surface area contributed by atoms with E-state index < -0.39 is 0 Å². The second kappa shape index (κ2) is 7.17. The van der Waals surface area contributed by atoms with Gasteiger partial charge in [-0.1, -0.05) is 28.1 Å². The topological polar surface area (TPSA) is 74.2 Å². The zero-order valence-corrected chi connectivity index (χ0v) is 16.6. The first-order valence-electron chi connectivity index (χ1n) is 8.59. The number of anilines is 1. The average Bonchev–Trinajstić information content (AvgIpc) is 3.01. The molecule has 0 spiro atoms. The quantitative estimate of drug-likeness (QED) is 0.507. The zero-order valence-electron chi connectivity index (χ0n) is 15.0. The molecule has 2 aromatic carbocycles. The van der Waals surface area contributed by atoms with Crippen molar-refractivity contribution in [2.75, 3.05) is 19.0 Å². The van der Waals surface area contributed by atoms with Crippen molar-refractivity contribution in [2.24, 2.45) is 0 Å². The van der Waals surface area contributed by atoms with Gasteiger partial charge >= 0.3 is 0 Å². The van der Waals surface area contributed by atoms with E-state index in [0.717, 1.165) is 15.5 Å². The van der Waals surface area contributed by atoms with Gasteiger partial charge in [-0.25, -0.2) is 4.98 Å². The summed E-state index contributed by atoms with van der Waals surface area (Å²) in [5.41, 5.74) is 3.56. The number of nitrogens with one attached hydrogen (secondary N) is 2. The maximum atomic E-state index is 12.4. The molecular weight excluding hydrogens is 408 g/mol. The van der Waals surface area contributed by atoms with Crippen LogP contribution in [0.5, 0.6) is 0 Å². The molecule has 0 saturated carbocycles. The number of rotatable bonds is 5. The Morgan fingerprint density at radius 2 is 1.93 bits per heavy atom. The van der Waals surface area contributed by atoms with Crippen LogP contribution in [0.2, 0.25) is 0 Å². The van der Waals surface area contributed by atoms with Gasteiger partial charge in [0.05, 0.1) is 6.54 Å². The van der Waals surface area contributed by atoms with Crippen molar-refractivity contribution in [3.8, 4) is 0 Å². The van der Waals surface area contributed by atoms with Crippen LogP contribution in [0, 0.1) is 0 Å². The Bertz CT molecular complexity index is 1160. The van der Waals surface area contributed by atoms with Crippen molar-refractivity contribution in [1.29, 1.82) is 0 Å². The molecule has 0 aliphatic heterocycles. The fraction of sp³-hybridized carbons (Fsp3) is 0.200. The summed E-state index contributed by atoms with van der Waals surface area (Å²) in [7, 11) is 4.03. The van der Waals surface area contributed by atoms with Crippen LogP contribution in [0.1, 0.15) is 11.4 Å². The number of halogens is 1. The number of H-pyrrole nitrogens is 1. The minimum atomic E-state index is -0.264. The highest BCUT2D eigenvalue weighted by atomic mass is 79.9. The molecule has 2 N–H and O–H groups in total. The van der Waals surface area contributed by atoms with E-state index >= 15 is 0 Å². The lowest BCUT2D eigenvalue weighted by Gasteiger charge is -2.12. The largest absolute Gasteiger partial charge is 0.449 e. The number of benzene rings is 2. The van der Waals surface area contributed by atoms with Crippen molar-refractivity contribution in [1.82, 2.24) is 15.3 Å². The summed E-state index contributed by atoms with van der Waals surface area (Å²) in [6.07, 6.45) is 0. The summed E-state index contributed by atoms with van der Waals surface area (Å²) in [4.78, 5) is 21.8. The van der Waals surface area contributed by atoms with E-state index in [-0.39, 0.29) is 11.1 Å². The first kappa shape index (κ1) is 17.8. The zero-order chi connectivity index (χ0) is 19.0. The Morgan fingerprint density at radius 3 is 2.67 bits per heavy atom. The van der Waals surface area contributed by atoms with E-state index in [1.54, 1.807) is 0 Å². The van der Waals surface area contributed by atoms with Crippen molar-refractivity contribution >= 4 is 43.7 Å². The number of aromatic amines is 1. The number of aromatic nitrogens is 2. The van der Waals surface area contributed by atoms with Crippen LogP contribution in [0.4, 0.5) is 5.69 Å². The number of hydrogen-bond donors (Lipinski definition) is 2. The Hall–Kier alpha value is -2.64. The minimum absolute atomic E-state index is 0.256. The Balaban J connectivity index is 1.54. The first-order valence-corrected chi connectivity index (χ1v) is 9.38. The molecule has 7 heteroatoms. The molecule has 2 heterocycles. The van der Waals surface area contributed by atoms with Crippen LogP contribution in [0.3, 0.4) is 0 Å². The van der Waals surface area contributed by atoms with Gasteiger partial charge in [-0.15, -0.1) is 0 Å². The van der Waals surface area contributed by atoms with Crippen LogP contribution >= 0.6 is 15.9 Å². The molecule has 0 bridgehead atoms. The van der Waals surface area contributed by atoms with Crippen molar-refractivity contribution in [2.45, 2.75) is 13.1 Å². The molecule has 4 rings (SSSR count). The summed E-state index contributed by atoms with van der Waals surface area (Å²) < 4.78 is 6.56. The maximum absolute atomic E-state index is 12.4. The molecule has 0 aliphatic carbocycles. The highest BCUT2D eigenvalue weighted by Gasteiger charge is 2.13. The Kier molecular flexibility index (Phi) is 4.72. The van der Waals surface area contributed by atoms with Crippen LogP contribution in [0.25, 0.3) is 22.1 Å². The van der Waals surface area contributed by atoms with Crippen molar-refractivity contribution in [3.63, 3.8) is 0 Å². The monoisotopic (exact) mass is 426 g/mol. The second-order valence-corrected chi connectivity index (χ2v) is 7.51. The van der Waals surface area contributed by atoms with Crippen LogP contribution in [0.15, 0.2) is 56.1 Å². The molecular formula is C20H19BrN4O2. The SMILES string of the molecule is CN(C)c1ccc(CNCc2nc3c(oc4ccc(Br)cc43)c(=O)[nH]2)cc1. The van der Waals surface area contributed by atoms with Crippen LogP contribution in [-0.4, -0.2) is 24.1 Å². The summed E-state index contributed by atoms with van der Waals surface area (Å²) in [6, 6.07) is 14.0. The van der Waals surface area contributed by atoms with Gasteiger partial charge in [0.1, 0.15) is 16.9 Å². The summed E-state index contributed by atoms with van der Waals surface area (Å²) >= 11 is 3.45. The van der Waals surface area contributed by atoms with E-state index in [2.05, 4.69) is 60.4 Å². The highest BCUT2D eigenvalue weighted by molar-refractivity contribution is 9.10. The molecule has 0 radical (unpaired) electrons. The molecule has 0 aliphatic rings. The standard InChI is InChI=1S/C20H19BrN4O2/c1-25(2)14-6-3-12(4-7-14)10-22-11-17-23-18-15-9-13(21)5-8-16(15)27-19(18)20(26)24-17/h3-9,22H,10-11H2,1-2H3,(H,23,24,26). The summed E-state index contributed by atoms with van der Waals surface area (Å²) in [5.74, 6) is 0.583. The molecule has 6 nitrogen and oxygen atoms in total. The van der Waals surface area contributed by atoms with Gasteiger partial charge in [-0.3, -0.25) is 4.79 Å². The third kappa shape index (κ3) is 3.61. The molecule has 0 unspecified atom stereocenters. The van der Waals surface area contributed by atoms with Crippen molar-refractivity contribution in [3.05, 3.63) is 68.7 Å². The van der Waals surface area contributed by atoms with E-state index in [1.165, 1.54) is 5.56 Å². The Labute approximate surface area is 164 Å². The Morgan fingerprint density at radius 1 is 1.15 bits per heavy atom. The predicted molar refractivity (Wildman–Crippen MR) is 111 cm³/mol. The van der Waals surface area contributed by atoms with E-state index in [1.807, 2.05) is 32.3 Å². The third-order valence-corrected chi connectivity index (χ3v) is 4.90. The highest BCUT2D eigenvalue weighted by Crippen LogP contribution is 2.27. The maximum Gasteiger partial charge on any atom is 0.294 e. The van der Waals surface area contributed by atoms with Crippen LogP contribution in [-0.2, 0) is 13.1 Å². The van der Waals surface area contributed by atoms with E-state index in [4.69, 9.17) is 4.42 Å². The number of nitrogens with zero attached hydrogens (tertiary/aromatic N) is 2. The number of fused-ring (bicyclic) bond motifs is 3. The van der Waals surface area contributed by atoms with Gasteiger partial charge in [-0.2, -0.15) is 0 Å².